The fraction of sp³-hybridized carbons (Fsp3) is 0.615. The molecule has 5 nitrogen and oxygen atoms in total. The van der Waals surface area contributed by atoms with Gasteiger partial charge in [0.25, 0.3) is 0 Å². The van der Waals surface area contributed by atoms with Gasteiger partial charge in [0.15, 0.2) is 0 Å². The number of hydrogen-bond donors (Lipinski definition) is 2. The number of rotatable bonds is 5. The van der Waals surface area contributed by atoms with E-state index in [9.17, 15) is 4.79 Å². The summed E-state index contributed by atoms with van der Waals surface area (Å²) in [5.74, 6) is 0.637. The average Bonchev–Trinajstić information content (AvgIpc) is 2.24. The van der Waals surface area contributed by atoms with E-state index in [-0.39, 0.29) is 11.8 Å². The summed E-state index contributed by atoms with van der Waals surface area (Å²) in [6, 6.07) is 1.13. The van der Waals surface area contributed by atoms with E-state index in [2.05, 4.69) is 15.3 Å². The van der Waals surface area contributed by atoms with Crippen molar-refractivity contribution < 1.29 is 9.90 Å². The minimum absolute atomic E-state index is 0.0136. The van der Waals surface area contributed by atoms with Gasteiger partial charge < -0.3 is 10.4 Å². The maximum atomic E-state index is 11.1. The number of carboxylic acids is 1. The van der Waals surface area contributed by atoms with E-state index in [1.54, 1.807) is 6.07 Å². The van der Waals surface area contributed by atoms with E-state index < -0.39 is 12.0 Å². The average molecular weight is 251 g/mol. The van der Waals surface area contributed by atoms with Crippen LogP contribution in [-0.4, -0.2) is 27.1 Å². The first kappa shape index (κ1) is 14.4. The van der Waals surface area contributed by atoms with Crippen LogP contribution in [0.3, 0.4) is 0 Å². The number of aryl methyl sites for hydroxylation is 1. The molecule has 0 radical (unpaired) electrons. The monoisotopic (exact) mass is 251 g/mol. The quantitative estimate of drug-likeness (QED) is 0.840. The molecule has 0 amide bonds. The van der Waals surface area contributed by atoms with E-state index in [1.807, 2.05) is 34.6 Å². The molecule has 1 heterocycles. The third kappa shape index (κ3) is 3.68. The van der Waals surface area contributed by atoms with Crippen molar-refractivity contribution in [1.82, 2.24) is 9.97 Å². The molecule has 0 saturated heterocycles. The topological polar surface area (TPSA) is 75.1 Å². The summed E-state index contributed by atoms with van der Waals surface area (Å²) >= 11 is 0. The predicted octanol–water partition coefficient (Wildman–Crippen LogP) is 2.43. The number of hydrogen-bond acceptors (Lipinski definition) is 4. The molecule has 1 aromatic rings. The van der Waals surface area contributed by atoms with E-state index in [0.29, 0.717) is 5.82 Å². The highest BCUT2D eigenvalue weighted by molar-refractivity contribution is 5.77. The summed E-state index contributed by atoms with van der Waals surface area (Å²) < 4.78 is 0. The van der Waals surface area contributed by atoms with Crippen LogP contribution >= 0.6 is 0 Å². The molecule has 0 aliphatic carbocycles. The van der Waals surface area contributed by atoms with Gasteiger partial charge in [-0.05, 0) is 12.8 Å². The normalized spacial score (nSPS) is 12.8. The first-order valence-corrected chi connectivity index (χ1v) is 6.16. The molecule has 0 bridgehead atoms. The van der Waals surface area contributed by atoms with Crippen LogP contribution in [0.2, 0.25) is 0 Å². The summed E-state index contributed by atoms with van der Waals surface area (Å²) in [5, 5.41) is 12.1. The van der Waals surface area contributed by atoms with Crippen LogP contribution in [0.5, 0.6) is 0 Å². The fourth-order valence-corrected chi connectivity index (χ4v) is 1.60. The number of aromatic nitrogens is 2. The Morgan fingerprint density at radius 3 is 2.33 bits per heavy atom. The smallest absolute Gasteiger partial charge is 0.326 e. The van der Waals surface area contributed by atoms with Crippen LogP contribution in [-0.2, 0) is 4.79 Å². The van der Waals surface area contributed by atoms with Crippen LogP contribution in [0, 0.1) is 12.8 Å². The summed E-state index contributed by atoms with van der Waals surface area (Å²) in [6.45, 7) is 9.63. The largest absolute Gasteiger partial charge is 0.480 e. The number of nitrogens with one attached hydrogen (secondary N) is 1. The lowest BCUT2D eigenvalue weighted by Crippen LogP contribution is -2.34. The second kappa shape index (κ2) is 5.80. The molecule has 1 atom stereocenters. The van der Waals surface area contributed by atoms with Crippen molar-refractivity contribution >= 4 is 11.8 Å². The first-order valence-electron chi connectivity index (χ1n) is 6.16. The molecule has 5 heteroatoms. The van der Waals surface area contributed by atoms with Gasteiger partial charge in [-0.2, -0.15) is 0 Å². The molecular weight excluding hydrogens is 230 g/mol. The Morgan fingerprint density at radius 2 is 1.89 bits per heavy atom. The van der Waals surface area contributed by atoms with Gasteiger partial charge in [-0.25, -0.2) is 14.8 Å². The van der Waals surface area contributed by atoms with Gasteiger partial charge >= 0.3 is 5.97 Å². The van der Waals surface area contributed by atoms with Crippen LogP contribution in [0.25, 0.3) is 0 Å². The zero-order chi connectivity index (χ0) is 13.9. The maximum Gasteiger partial charge on any atom is 0.326 e. The third-order valence-electron chi connectivity index (χ3n) is 2.62. The van der Waals surface area contributed by atoms with Gasteiger partial charge in [-0.1, -0.05) is 27.7 Å². The van der Waals surface area contributed by atoms with E-state index >= 15 is 0 Å². The first-order chi connectivity index (χ1) is 8.31. The molecule has 0 saturated carbocycles. The highest BCUT2D eigenvalue weighted by Crippen LogP contribution is 2.16. The molecule has 2 N–H and O–H groups in total. The van der Waals surface area contributed by atoms with Gasteiger partial charge in [0.2, 0.25) is 0 Å². The number of anilines is 1. The molecule has 1 aromatic heterocycles. The highest BCUT2D eigenvalue weighted by atomic mass is 16.4. The minimum Gasteiger partial charge on any atom is -0.480 e. The van der Waals surface area contributed by atoms with Crippen LogP contribution in [0.4, 0.5) is 5.82 Å². The van der Waals surface area contributed by atoms with Crippen molar-refractivity contribution in [2.45, 2.75) is 46.6 Å². The number of nitrogens with zero attached hydrogens (tertiary/aromatic N) is 2. The molecular formula is C13H21N3O2. The summed E-state index contributed by atoms with van der Waals surface area (Å²) in [7, 11) is 0. The Balaban J connectivity index is 2.99. The molecule has 18 heavy (non-hydrogen) atoms. The Hall–Kier alpha value is -1.65. The van der Waals surface area contributed by atoms with Gasteiger partial charge in [-0.15, -0.1) is 0 Å². The van der Waals surface area contributed by atoms with Gasteiger partial charge in [0.1, 0.15) is 17.7 Å². The summed E-state index contributed by atoms with van der Waals surface area (Å²) in [5.41, 5.74) is 0.837. The summed E-state index contributed by atoms with van der Waals surface area (Å²) in [6.07, 6.45) is 0. The van der Waals surface area contributed by atoms with Gasteiger partial charge in [0, 0.05) is 17.7 Å². The summed E-state index contributed by atoms with van der Waals surface area (Å²) in [4.78, 5) is 19.8. The standard InChI is InChI=1S/C13H21N3O2/c1-7(2)11(13(17)18)15-10-6-9(5)14-12(16-10)8(3)4/h6-8,11H,1-5H3,(H,17,18)(H,14,15,16). The van der Waals surface area contributed by atoms with Gasteiger partial charge in [0.05, 0.1) is 0 Å². The fourth-order valence-electron chi connectivity index (χ4n) is 1.60. The Bertz CT molecular complexity index is 430. The molecule has 0 fully saturated rings. The molecule has 1 unspecified atom stereocenters. The van der Waals surface area contributed by atoms with Gasteiger partial charge in [-0.3, -0.25) is 0 Å². The molecule has 0 aliphatic rings. The molecule has 0 aliphatic heterocycles. The molecule has 0 spiro atoms. The van der Waals surface area contributed by atoms with E-state index in [1.165, 1.54) is 0 Å². The van der Waals surface area contributed by atoms with E-state index in [0.717, 1.165) is 11.5 Å². The second-order valence-electron chi connectivity index (χ2n) is 5.11. The van der Waals surface area contributed by atoms with Crippen molar-refractivity contribution in [2.24, 2.45) is 5.92 Å². The predicted molar refractivity (Wildman–Crippen MR) is 70.7 cm³/mol. The Kier molecular flexibility index (Phi) is 4.64. The highest BCUT2D eigenvalue weighted by Gasteiger charge is 2.22. The zero-order valence-corrected chi connectivity index (χ0v) is 11.6. The SMILES string of the molecule is Cc1cc(NC(C(=O)O)C(C)C)nc(C(C)C)n1. The zero-order valence-electron chi connectivity index (χ0n) is 11.6. The Labute approximate surface area is 108 Å². The molecule has 100 valence electrons. The number of carboxylic acid groups (broad SMARTS) is 1. The number of aliphatic carboxylic acids is 1. The maximum absolute atomic E-state index is 11.1. The van der Waals surface area contributed by atoms with Crippen molar-refractivity contribution in [3.05, 3.63) is 17.6 Å². The Morgan fingerprint density at radius 1 is 1.28 bits per heavy atom. The van der Waals surface area contributed by atoms with Crippen molar-refractivity contribution in [1.29, 1.82) is 0 Å². The minimum atomic E-state index is -0.868. The molecule has 0 aromatic carbocycles. The second-order valence-corrected chi connectivity index (χ2v) is 5.11. The van der Waals surface area contributed by atoms with Crippen LogP contribution < -0.4 is 5.32 Å². The lowest BCUT2D eigenvalue weighted by molar-refractivity contribution is -0.138. The lowest BCUT2D eigenvalue weighted by Gasteiger charge is -2.19. The van der Waals surface area contributed by atoms with Crippen LogP contribution in [0.1, 0.15) is 45.1 Å². The van der Waals surface area contributed by atoms with Crippen molar-refractivity contribution in [3.8, 4) is 0 Å². The lowest BCUT2D eigenvalue weighted by atomic mass is 10.0. The van der Waals surface area contributed by atoms with Crippen LogP contribution in [0.15, 0.2) is 6.07 Å². The van der Waals surface area contributed by atoms with Crippen molar-refractivity contribution in [2.75, 3.05) is 5.32 Å². The van der Waals surface area contributed by atoms with Crippen molar-refractivity contribution in [3.63, 3.8) is 0 Å². The number of carbonyl (C=O) groups is 1. The molecule has 1 rings (SSSR count). The van der Waals surface area contributed by atoms with E-state index in [4.69, 9.17) is 5.11 Å². The third-order valence-corrected chi connectivity index (χ3v) is 2.62.